The SMILES string of the molecule is COCCC(C)Nc1ccc2nc(C)sc2c1. The maximum Gasteiger partial charge on any atom is 0.0907 e. The van der Waals surface area contributed by atoms with Crippen LogP contribution in [0.25, 0.3) is 10.2 Å². The van der Waals surface area contributed by atoms with E-state index in [1.807, 2.05) is 6.92 Å². The van der Waals surface area contributed by atoms with E-state index in [4.69, 9.17) is 4.74 Å². The fourth-order valence-corrected chi connectivity index (χ4v) is 2.65. The molecule has 0 spiro atoms. The summed E-state index contributed by atoms with van der Waals surface area (Å²) < 4.78 is 6.32. The van der Waals surface area contributed by atoms with E-state index in [9.17, 15) is 0 Å². The zero-order valence-corrected chi connectivity index (χ0v) is 11.3. The number of anilines is 1. The third-order valence-corrected chi connectivity index (χ3v) is 3.60. The van der Waals surface area contributed by atoms with Crippen molar-refractivity contribution in [2.45, 2.75) is 26.3 Å². The van der Waals surface area contributed by atoms with E-state index in [0.29, 0.717) is 6.04 Å². The van der Waals surface area contributed by atoms with E-state index in [1.54, 1.807) is 18.4 Å². The van der Waals surface area contributed by atoms with Gasteiger partial charge in [-0.25, -0.2) is 4.98 Å². The summed E-state index contributed by atoms with van der Waals surface area (Å²) in [5.41, 5.74) is 2.24. The molecule has 17 heavy (non-hydrogen) atoms. The third kappa shape index (κ3) is 3.17. The van der Waals surface area contributed by atoms with Crippen LogP contribution < -0.4 is 5.32 Å². The van der Waals surface area contributed by atoms with Crippen LogP contribution in [0, 0.1) is 6.92 Å². The number of methoxy groups -OCH3 is 1. The van der Waals surface area contributed by atoms with E-state index in [2.05, 4.69) is 35.4 Å². The van der Waals surface area contributed by atoms with Gasteiger partial charge in [-0.15, -0.1) is 11.3 Å². The first-order valence-electron chi connectivity index (χ1n) is 5.81. The molecule has 1 unspecified atom stereocenters. The summed E-state index contributed by atoms with van der Waals surface area (Å²) in [4.78, 5) is 4.45. The lowest BCUT2D eigenvalue weighted by molar-refractivity contribution is 0.191. The van der Waals surface area contributed by atoms with Gasteiger partial charge in [-0.05, 0) is 38.5 Å². The largest absolute Gasteiger partial charge is 0.385 e. The molecule has 0 bridgehead atoms. The number of hydrogen-bond acceptors (Lipinski definition) is 4. The van der Waals surface area contributed by atoms with Crippen LogP contribution >= 0.6 is 11.3 Å². The number of nitrogens with zero attached hydrogens (tertiary/aromatic N) is 1. The summed E-state index contributed by atoms with van der Waals surface area (Å²) in [5.74, 6) is 0. The molecule has 0 radical (unpaired) electrons. The Balaban J connectivity index is 2.08. The number of thiazole rings is 1. The Kier molecular flexibility index (Phi) is 3.97. The fourth-order valence-electron chi connectivity index (χ4n) is 1.78. The number of ether oxygens (including phenoxy) is 1. The van der Waals surface area contributed by atoms with E-state index in [-0.39, 0.29) is 0 Å². The Morgan fingerprint density at radius 2 is 2.29 bits per heavy atom. The topological polar surface area (TPSA) is 34.1 Å². The standard InChI is InChI=1S/C13H18N2OS/c1-9(6-7-16-3)14-11-4-5-12-13(8-11)17-10(2)15-12/h4-5,8-9,14H,6-7H2,1-3H3. The van der Waals surface area contributed by atoms with Gasteiger partial charge in [0.2, 0.25) is 0 Å². The van der Waals surface area contributed by atoms with Gasteiger partial charge in [0.05, 0.1) is 15.2 Å². The molecule has 1 aromatic heterocycles. The average molecular weight is 250 g/mol. The first-order chi connectivity index (χ1) is 8.19. The zero-order valence-electron chi connectivity index (χ0n) is 10.5. The van der Waals surface area contributed by atoms with Crippen molar-refractivity contribution >= 4 is 27.2 Å². The zero-order chi connectivity index (χ0) is 12.3. The molecule has 1 heterocycles. The highest BCUT2D eigenvalue weighted by Gasteiger charge is 2.04. The Bertz CT molecular complexity index is 495. The molecule has 1 N–H and O–H groups in total. The maximum absolute atomic E-state index is 5.08. The molecule has 0 saturated carbocycles. The number of benzene rings is 1. The Morgan fingerprint density at radius 3 is 3.06 bits per heavy atom. The van der Waals surface area contributed by atoms with Crippen LogP contribution in [0.1, 0.15) is 18.4 Å². The molecule has 0 aliphatic carbocycles. The monoisotopic (exact) mass is 250 g/mol. The van der Waals surface area contributed by atoms with Gasteiger partial charge >= 0.3 is 0 Å². The predicted molar refractivity (Wildman–Crippen MR) is 73.9 cm³/mol. The molecule has 0 amide bonds. The summed E-state index contributed by atoms with van der Waals surface area (Å²) in [6, 6.07) is 6.75. The highest BCUT2D eigenvalue weighted by atomic mass is 32.1. The van der Waals surface area contributed by atoms with Crippen molar-refractivity contribution in [3.63, 3.8) is 0 Å². The second-order valence-electron chi connectivity index (χ2n) is 4.24. The summed E-state index contributed by atoms with van der Waals surface area (Å²) >= 11 is 1.74. The van der Waals surface area contributed by atoms with Crippen LogP contribution in [-0.2, 0) is 4.74 Å². The number of aromatic nitrogens is 1. The predicted octanol–water partition coefficient (Wildman–Crippen LogP) is 3.44. The minimum absolute atomic E-state index is 0.418. The number of hydrogen-bond donors (Lipinski definition) is 1. The van der Waals surface area contributed by atoms with Crippen molar-refractivity contribution in [3.8, 4) is 0 Å². The average Bonchev–Trinajstić information content (AvgIpc) is 2.65. The molecule has 0 aliphatic rings. The molecule has 0 aliphatic heterocycles. The molecule has 3 nitrogen and oxygen atoms in total. The van der Waals surface area contributed by atoms with Crippen molar-refractivity contribution in [1.29, 1.82) is 0 Å². The van der Waals surface area contributed by atoms with E-state index in [1.165, 1.54) is 4.70 Å². The number of nitrogens with one attached hydrogen (secondary N) is 1. The second-order valence-corrected chi connectivity index (χ2v) is 5.48. The summed E-state index contributed by atoms with van der Waals surface area (Å²) in [7, 11) is 1.73. The van der Waals surface area contributed by atoms with Crippen molar-refractivity contribution < 1.29 is 4.74 Å². The third-order valence-electron chi connectivity index (χ3n) is 2.66. The van der Waals surface area contributed by atoms with Crippen LogP contribution in [0.2, 0.25) is 0 Å². The Morgan fingerprint density at radius 1 is 1.47 bits per heavy atom. The number of rotatable bonds is 5. The maximum atomic E-state index is 5.08. The molecule has 0 fully saturated rings. The molecule has 2 aromatic rings. The highest BCUT2D eigenvalue weighted by Crippen LogP contribution is 2.25. The van der Waals surface area contributed by atoms with Gasteiger partial charge in [0.15, 0.2) is 0 Å². The van der Waals surface area contributed by atoms with E-state index in [0.717, 1.165) is 29.2 Å². The minimum atomic E-state index is 0.418. The Hall–Kier alpha value is -1.13. The first-order valence-corrected chi connectivity index (χ1v) is 6.63. The lowest BCUT2D eigenvalue weighted by atomic mass is 10.2. The first kappa shape index (κ1) is 12.3. The minimum Gasteiger partial charge on any atom is -0.385 e. The summed E-state index contributed by atoms with van der Waals surface area (Å²) in [6.45, 7) is 5.00. The number of fused-ring (bicyclic) bond motifs is 1. The van der Waals surface area contributed by atoms with Crippen LogP contribution in [0.15, 0.2) is 18.2 Å². The van der Waals surface area contributed by atoms with Gasteiger partial charge < -0.3 is 10.1 Å². The van der Waals surface area contributed by atoms with Crippen LogP contribution in [0.5, 0.6) is 0 Å². The molecule has 4 heteroatoms. The molecular formula is C13H18N2OS. The van der Waals surface area contributed by atoms with Gasteiger partial charge in [0, 0.05) is 25.4 Å². The van der Waals surface area contributed by atoms with Crippen LogP contribution in [0.4, 0.5) is 5.69 Å². The highest BCUT2D eigenvalue weighted by molar-refractivity contribution is 7.18. The van der Waals surface area contributed by atoms with Crippen molar-refractivity contribution in [2.24, 2.45) is 0 Å². The van der Waals surface area contributed by atoms with Gasteiger partial charge in [-0.3, -0.25) is 0 Å². The Labute approximate surface area is 106 Å². The van der Waals surface area contributed by atoms with Crippen LogP contribution in [-0.4, -0.2) is 24.7 Å². The van der Waals surface area contributed by atoms with Gasteiger partial charge in [-0.2, -0.15) is 0 Å². The molecule has 0 saturated heterocycles. The van der Waals surface area contributed by atoms with Crippen molar-refractivity contribution in [3.05, 3.63) is 23.2 Å². The van der Waals surface area contributed by atoms with E-state index >= 15 is 0 Å². The normalized spacial score (nSPS) is 12.9. The van der Waals surface area contributed by atoms with Crippen LogP contribution in [0.3, 0.4) is 0 Å². The second kappa shape index (κ2) is 5.47. The summed E-state index contributed by atoms with van der Waals surface area (Å²) in [6.07, 6.45) is 1.01. The van der Waals surface area contributed by atoms with Crippen molar-refractivity contribution in [1.82, 2.24) is 4.98 Å². The molecular weight excluding hydrogens is 232 g/mol. The summed E-state index contributed by atoms with van der Waals surface area (Å²) in [5, 5.41) is 4.59. The van der Waals surface area contributed by atoms with Gasteiger partial charge in [0.25, 0.3) is 0 Å². The molecule has 92 valence electrons. The van der Waals surface area contributed by atoms with Gasteiger partial charge in [-0.1, -0.05) is 0 Å². The number of aryl methyl sites for hydroxylation is 1. The molecule has 1 aromatic carbocycles. The van der Waals surface area contributed by atoms with Crippen molar-refractivity contribution in [2.75, 3.05) is 19.0 Å². The smallest absolute Gasteiger partial charge is 0.0907 e. The lowest BCUT2D eigenvalue weighted by Gasteiger charge is -2.14. The fraction of sp³-hybridized carbons (Fsp3) is 0.462. The van der Waals surface area contributed by atoms with E-state index < -0.39 is 0 Å². The molecule has 1 atom stereocenters. The van der Waals surface area contributed by atoms with Gasteiger partial charge in [0.1, 0.15) is 0 Å². The quantitative estimate of drug-likeness (QED) is 0.882. The lowest BCUT2D eigenvalue weighted by Crippen LogP contribution is -2.16. The molecule has 2 rings (SSSR count).